The molecule has 0 aliphatic heterocycles. The molecular weight excluding hydrogens is 356 g/mol. The van der Waals surface area contributed by atoms with E-state index in [1.54, 1.807) is 30.3 Å². The standard InChI is InChI=1S/C14H15BrN2O3S/c1-20-14-7-6-12(8-13(14)15)21(18,19)17-9-10-2-4-11(16)5-3-10/h2-8,17H,9,16H2,1H3. The largest absolute Gasteiger partial charge is 0.496 e. The van der Waals surface area contributed by atoms with Gasteiger partial charge < -0.3 is 10.5 Å². The van der Waals surface area contributed by atoms with E-state index in [0.717, 1.165) is 5.56 Å². The summed E-state index contributed by atoms with van der Waals surface area (Å²) in [5, 5.41) is 0. The van der Waals surface area contributed by atoms with Crippen LogP contribution in [0.5, 0.6) is 5.75 Å². The summed E-state index contributed by atoms with van der Waals surface area (Å²) in [7, 11) is -2.06. The van der Waals surface area contributed by atoms with E-state index in [1.807, 2.05) is 0 Å². The summed E-state index contributed by atoms with van der Waals surface area (Å²) in [4.78, 5) is 0.172. The van der Waals surface area contributed by atoms with Crippen molar-refractivity contribution >= 4 is 31.6 Å². The molecule has 0 radical (unpaired) electrons. The van der Waals surface area contributed by atoms with Crippen LogP contribution in [0.1, 0.15) is 5.56 Å². The van der Waals surface area contributed by atoms with E-state index >= 15 is 0 Å². The van der Waals surface area contributed by atoms with Gasteiger partial charge in [0.05, 0.1) is 16.5 Å². The third kappa shape index (κ3) is 3.96. The van der Waals surface area contributed by atoms with E-state index in [1.165, 1.54) is 19.2 Å². The lowest BCUT2D eigenvalue weighted by molar-refractivity contribution is 0.411. The number of methoxy groups -OCH3 is 1. The quantitative estimate of drug-likeness (QED) is 0.792. The molecule has 5 nitrogen and oxygen atoms in total. The highest BCUT2D eigenvalue weighted by molar-refractivity contribution is 9.10. The van der Waals surface area contributed by atoms with E-state index in [-0.39, 0.29) is 11.4 Å². The van der Waals surface area contributed by atoms with Crippen molar-refractivity contribution in [3.63, 3.8) is 0 Å². The molecule has 0 aliphatic rings. The minimum absolute atomic E-state index is 0.172. The SMILES string of the molecule is COc1ccc(S(=O)(=O)NCc2ccc(N)cc2)cc1Br. The number of halogens is 1. The second-order valence-electron chi connectivity index (χ2n) is 4.36. The second-order valence-corrected chi connectivity index (χ2v) is 6.98. The highest BCUT2D eigenvalue weighted by atomic mass is 79.9. The lowest BCUT2D eigenvalue weighted by Crippen LogP contribution is -2.23. The number of anilines is 1. The predicted molar refractivity (Wildman–Crippen MR) is 85.6 cm³/mol. The fourth-order valence-electron chi connectivity index (χ4n) is 1.71. The van der Waals surface area contributed by atoms with E-state index in [9.17, 15) is 8.42 Å². The number of rotatable bonds is 5. The van der Waals surface area contributed by atoms with E-state index in [0.29, 0.717) is 15.9 Å². The van der Waals surface area contributed by atoms with Gasteiger partial charge >= 0.3 is 0 Å². The molecule has 0 aliphatic carbocycles. The van der Waals surface area contributed by atoms with Crippen molar-refractivity contribution in [2.45, 2.75) is 11.4 Å². The number of hydrogen-bond donors (Lipinski definition) is 2. The Kier molecular flexibility index (Phi) is 4.87. The Balaban J connectivity index is 2.14. The van der Waals surface area contributed by atoms with Gasteiger partial charge in [-0.3, -0.25) is 0 Å². The van der Waals surface area contributed by atoms with Crippen LogP contribution in [0, 0.1) is 0 Å². The molecule has 2 aromatic rings. The van der Waals surface area contributed by atoms with Crippen molar-refractivity contribution in [1.29, 1.82) is 0 Å². The average molecular weight is 371 g/mol. The Labute approximate surface area is 132 Å². The van der Waals surface area contributed by atoms with Gasteiger partial charge in [0.1, 0.15) is 5.75 Å². The summed E-state index contributed by atoms with van der Waals surface area (Å²) in [6.45, 7) is 0.201. The molecule has 2 rings (SSSR count). The van der Waals surface area contributed by atoms with Crippen molar-refractivity contribution in [2.75, 3.05) is 12.8 Å². The maximum atomic E-state index is 12.2. The molecule has 0 fully saturated rings. The zero-order valence-corrected chi connectivity index (χ0v) is 13.7. The van der Waals surface area contributed by atoms with Gasteiger partial charge in [-0.05, 0) is 51.8 Å². The lowest BCUT2D eigenvalue weighted by atomic mass is 10.2. The summed E-state index contributed by atoms with van der Waals surface area (Å²) < 4.78 is 32.7. The summed E-state index contributed by atoms with van der Waals surface area (Å²) in [5.41, 5.74) is 7.06. The number of sulfonamides is 1. The van der Waals surface area contributed by atoms with Gasteiger partial charge in [0.2, 0.25) is 10.0 Å². The summed E-state index contributed by atoms with van der Waals surface area (Å²) in [5.74, 6) is 0.576. The van der Waals surface area contributed by atoms with Gasteiger partial charge in [0.15, 0.2) is 0 Å². The van der Waals surface area contributed by atoms with E-state index < -0.39 is 10.0 Å². The molecule has 0 bridgehead atoms. The highest BCUT2D eigenvalue weighted by Crippen LogP contribution is 2.27. The normalized spacial score (nSPS) is 11.3. The van der Waals surface area contributed by atoms with Crippen LogP contribution in [0.2, 0.25) is 0 Å². The molecule has 3 N–H and O–H groups in total. The molecule has 21 heavy (non-hydrogen) atoms. The number of nitrogens with two attached hydrogens (primary N) is 1. The third-order valence-electron chi connectivity index (χ3n) is 2.88. The van der Waals surface area contributed by atoms with Crippen LogP contribution < -0.4 is 15.2 Å². The summed E-state index contributed by atoms with van der Waals surface area (Å²) in [6, 6.07) is 11.6. The summed E-state index contributed by atoms with van der Waals surface area (Å²) >= 11 is 3.27. The maximum absolute atomic E-state index is 12.2. The average Bonchev–Trinajstić information content (AvgIpc) is 2.46. The van der Waals surface area contributed by atoms with Crippen molar-refractivity contribution in [3.8, 4) is 5.75 Å². The number of nitrogen functional groups attached to an aromatic ring is 1. The molecule has 0 saturated heterocycles. The van der Waals surface area contributed by atoms with Crippen LogP contribution >= 0.6 is 15.9 Å². The number of benzene rings is 2. The topological polar surface area (TPSA) is 81.4 Å². The van der Waals surface area contributed by atoms with Gasteiger partial charge in [-0.25, -0.2) is 13.1 Å². The van der Waals surface area contributed by atoms with E-state index in [4.69, 9.17) is 10.5 Å². The third-order valence-corrected chi connectivity index (χ3v) is 4.90. The molecular formula is C14H15BrN2O3S. The van der Waals surface area contributed by atoms with Crippen LogP contribution in [0.4, 0.5) is 5.69 Å². The van der Waals surface area contributed by atoms with Gasteiger partial charge in [0, 0.05) is 12.2 Å². The van der Waals surface area contributed by atoms with Crippen LogP contribution in [0.3, 0.4) is 0 Å². The Morgan fingerprint density at radius 3 is 2.43 bits per heavy atom. The molecule has 0 saturated carbocycles. The number of nitrogens with one attached hydrogen (secondary N) is 1. The van der Waals surface area contributed by atoms with Crippen molar-refractivity contribution in [3.05, 3.63) is 52.5 Å². The fraction of sp³-hybridized carbons (Fsp3) is 0.143. The molecule has 0 unspecified atom stereocenters. The Morgan fingerprint density at radius 2 is 1.86 bits per heavy atom. The van der Waals surface area contributed by atoms with Crippen LogP contribution in [-0.4, -0.2) is 15.5 Å². The smallest absolute Gasteiger partial charge is 0.240 e. The van der Waals surface area contributed by atoms with Gasteiger partial charge in [-0.1, -0.05) is 12.1 Å². The molecule has 112 valence electrons. The zero-order valence-electron chi connectivity index (χ0n) is 11.3. The van der Waals surface area contributed by atoms with Crippen molar-refractivity contribution in [1.82, 2.24) is 4.72 Å². The minimum Gasteiger partial charge on any atom is -0.496 e. The molecule has 7 heteroatoms. The molecule has 0 heterocycles. The second kappa shape index (κ2) is 6.46. The Hall–Kier alpha value is -1.57. The first-order valence-electron chi connectivity index (χ1n) is 6.10. The molecule has 0 spiro atoms. The minimum atomic E-state index is -3.58. The maximum Gasteiger partial charge on any atom is 0.240 e. The summed E-state index contributed by atoms with van der Waals surface area (Å²) in [6.07, 6.45) is 0. The highest BCUT2D eigenvalue weighted by Gasteiger charge is 2.15. The first-order chi connectivity index (χ1) is 9.92. The van der Waals surface area contributed by atoms with Crippen LogP contribution in [-0.2, 0) is 16.6 Å². The zero-order chi connectivity index (χ0) is 15.5. The predicted octanol–water partition coefficient (Wildman–Crippen LogP) is 2.52. The fourth-order valence-corrected chi connectivity index (χ4v) is 3.45. The molecule has 0 amide bonds. The number of hydrogen-bond acceptors (Lipinski definition) is 4. The Bertz CT molecular complexity index is 730. The van der Waals surface area contributed by atoms with Crippen LogP contribution in [0.15, 0.2) is 51.8 Å². The van der Waals surface area contributed by atoms with Crippen molar-refractivity contribution < 1.29 is 13.2 Å². The molecule has 2 aromatic carbocycles. The lowest BCUT2D eigenvalue weighted by Gasteiger charge is -2.09. The first-order valence-corrected chi connectivity index (χ1v) is 8.37. The monoisotopic (exact) mass is 370 g/mol. The Morgan fingerprint density at radius 1 is 1.19 bits per heavy atom. The number of ether oxygens (including phenoxy) is 1. The van der Waals surface area contributed by atoms with Crippen LogP contribution in [0.25, 0.3) is 0 Å². The van der Waals surface area contributed by atoms with E-state index in [2.05, 4.69) is 20.7 Å². The molecule has 0 aromatic heterocycles. The first kappa shape index (κ1) is 15.8. The van der Waals surface area contributed by atoms with Gasteiger partial charge in [-0.2, -0.15) is 0 Å². The van der Waals surface area contributed by atoms with Gasteiger partial charge in [0.25, 0.3) is 0 Å². The molecule has 0 atom stereocenters. The van der Waals surface area contributed by atoms with Gasteiger partial charge in [-0.15, -0.1) is 0 Å². The van der Waals surface area contributed by atoms with Crippen molar-refractivity contribution in [2.24, 2.45) is 0 Å².